The molecule has 7 heteroatoms. The second kappa shape index (κ2) is 5.56. The van der Waals surface area contributed by atoms with Crippen LogP contribution in [0, 0.1) is 5.92 Å². The van der Waals surface area contributed by atoms with Gasteiger partial charge in [-0.1, -0.05) is 5.16 Å². The Kier molecular flexibility index (Phi) is 3.62. The largest absolute Gasteiger partial charge is 0.494 e. The molecule has 2 aromatic rings. The second-order valence-electron chi connectivity index (χ2n) is 4.61. The zero-order valence-corrected chi connectivity index (χ0v) is 11.2. The van der Waals surface area contributed by atoms with Crippen molar-refractivity contribution in [2.24, 2.45) is 11.7 Å². The molecule has 0 spiro atoms. The molecule has 1 saturated heterocycles. The summed E-state index contributed by atoms with van der Waals surface area (Å²) in [7, 11) is 1.58. The smallest absolute Gasteiger partial charge is 0.256 e. The Morgan fingerprint density at radius 2 is 2.40 bits per heavy atom. The van der Waals surface area contributed by atoms with E-state index in [0.29, 0.717) is 30.6 Å². The van der Waals surface area contributed by atoms with Crippen molar-refractivity contribution in [3.8, 4) is 17.1 Å². The summed E-state index contributed by atoms with van der Waals surface area (Å²) in [5, 5.41) is 3.99. The molecule has 1 aliphatic heterocycles. The van der Waals surface area contributed by atoms with Crippen molar-refractivity contribution in [2.45, 2.75) is 12.5 Å². The molecular weight excluding hydrogens is 260 g/mol. The second-order valence-corrected chi connectivity index (χ2v) is 4.61. The zero-order valence-electron chi connectivity index (χ0n) is 11.2. The van der Waals surface area contributed by atoms with Crippen LogP contribution >= 0.6 is 0 Å². The van der Waals surface area contributed by atoms with Crippen LogP contribution in [0.5, 0.6) is 5.75 Å². The average Bonchev–Trinajstić information content (AvgIpc) is 3.15. The molecule has 20 heavy (non-hydrogen) atoms. The first-order chi connectivity index (χ1) is 9.83. The number of ether oxygens (including phenoxy) is 2. The first-order valence-corrected chi connectivity index (χ1v) is 6.47. The van der Waals surface area contributed by atoms with Crippen LogP contribution in [0.25, 0.3) is 11.4 Å². The van der Waals surface area contributed by atoms with Gasteiger partial charge in [-0.2, -0.15) is 4.98 Å². The van der Waals surface area contributed by atoms with Crippen molar-refractivity contribution in [1.82, 2.24) is 15.1 Å². The third-order valence-electron chi connectivity index (χ3n) is 3.45. The van der Waals surface area contributed by atoms with E-state index in [2.05, 4.69) is 15.1 Å². The lowest BCUT2D eigenvalue weighted by Gasteiger charge is -2.11. The molecule has 0 unspecified atom stereocenters. The first kappa shape index (κ1) is 13.0. The maximum Gasteiger partial charge on any atom is 0.256 e. The van der Waals surface area contributed by atoms with Gasteiger partial charge in [0, 0.05) is 18.7 Å². The Morgan fingerprint density at radius 1 is 1.50 bits per heavy atom. The monoisotopic (exact) mass is 276 g/mol. The SMILES string of the molecule is COc1cnccc1-c1noc([C@@H]2OCC[C@@H]2CN)n1. The Hall–Kier alpha value is -1.99. The van der Waals surface area contributed by atoms with Crippen molar-refractivity contribution >= 4 is 0 Å². The predicted octanol–water partition coefficient (Wildman–Crippen LogP) is 1.18. The Labute approximate surface area is 116 Å². The minimum absolute atomic E-state index is 0.214. The quantitative estimate of drug-likeness (QED) is 0.895. The summed E-state index contributed by atoms with van der Waals surface area (Å²) in [6.07, 6.45) is 3.97. The first-order valence-electron chi connectivity index (χ1n) is 6.47. The third kappa shape index (κ3) is 2.25. The van der Waals surface area contributed by atoms with Crippen LogP contribution in [0.4, 0.5) is 0 Å². The van der Waals surface area contributed by atoms with Crippen LogP contribution in [0.2, 0.25) is 0 Å². The summed E-state index contributed by atoms with van der Waals surface area (Å²) < 4.78 is 16.2. The fraction of sp³-hybridized carbons (Fsp3) is 0.462. The highest BCUT2D eigenvalue weighted by atomic mass is 16.5. The van der Waals surface area contributed by atoms with E-state index in [0.717, 1.165) is 12.0 Å². The molecule has 106 valence electrons. The van der Waals surface area contributed by atoms with E-state index in [1.165, 1.54) is 0 Å². The van der Waals surface area contributed by atoms with Gasteiger partial charge in [-0.25, -0.2) is 0 Å². The van der Waals surface area contributed by atoms with Crippen LogP contribution in [0.15, 0.2) is 23.0 Å². The average molecular weight is 276 g/mol. The third-order valence-corrected chi connectivity index (χ3v) is 3.45. The fourth-order valence-corrected chi connectivity index (χ4v) is 2.34. The van der Waals surface area contributed by atoms with Crippen molar-refractivity contribution in [2.75, 3.05) is 20.3 Å². The summed E-state index contributed by atoms with van der Waals surface area (Å²) in [4.78, 5) is 8.40. The van der Waals surface area contributed by atoms with Crippen LogP contribution in [-0.4, -0.2) is 35.4 Å². The lowest BCUT2D eigenvalue weighted by molar-refractivity contribution is 0.0642. The Balaban J connectivity index is 1.90. The summed E-state index contributed by atoms with van der Waals surface area (Å²) >= 11 is 0. The van der Waals surface area contributed by atoms with Crippen molar-refractivity contribution in [3.05, 3.63) is 24.4 Å². The van der Waals surface area contributed by atoms with Gasteiger partial charge in [-0.05, 0) is 19.0 Å². The van der Waals surface area contributed by atoms with Gasteiger partial charge < -0.3 is 19.7 Å². The highest BCUT2D eigenvalue weighted by Gasteiger charge is 2.33. The number of hydrogen-bond acceptors (Lipinski definition) is 7. The van der Waals surface area contributed by atoms with Gasteiger partial charge in [0.2, 0.25) is 5.82 Å². The normalized spacial score (nSPS) is 22.1. The van der Waals surface area contributed by atoms with Gasteiger partial charge in [-0.3, -0.25) is 4.98 Å². The maximum atomic E-state index is 5.73. The molecule has 0 aliphatic carbocycles. The van der Waals surface area contributed by atoms with E-state index in [9.17, 15) is 0 Å². The van der Waals surface area contributed by atoms with Gasteiger partial charge in [0.15, 0.2) is 0 Å². The van der Waals surface area contributed by atoms with Gasteiger partial charge in [-0.15, -0.1) is 0 Å². The van der Waals surface area contributed by atoms with E-state index in [1.807, 2.05) is 0 Å². The molecule has 1 aliphatic rings. The molecule has 3 heterocycles. The van der Waals surface area contributed by atoms with E-state index >= 15 is 0 Å². The molecule has 0 aromatic carbocycles. The van der Waals surface area contributed by atoms with E-state index < -0.39 is 0 Å². The van der Waals surface area contributed by atoms with E-state index in [4.69, 9.17) is 19.7 Å². The van der Waals surface area contributed by atoms with Crippen LogP contribution in [0.3, 0.4) is 0 Å². The Bertz CT molecular complexity index is 587. The summed E-state index contributed by atoms with van der Waals surface area (Å²) in [5.41, 5.74) is 6.46. The summed E-state index contributed by atoms with van der Waals surface area (Å²) in [5.74, 6) is 1.75. The molecule has 0 radical (unpaired) electrons. The lowest BCUT2D eigenvalue weighted by Crippen LogP contribution is -2.18. The van der Waals surface area contributed by atoms with E-state index in [1.54, 1.807) is 25.6 Å². The molecule has 3 rings (SSSR count). The van der Waals surface area contributed by atoms with Crippen LogP contribution in [-0.2, 0) is 4.74 Å². The molecule has 2 atom stereocenters. The highest BCUT2D eigenvalue weighted by Crippen LogP contribution is 2.34. The maximum absolute atomic E-state index is 5.73. The Morgan fingerprint density at radius 3 is 3.20 bits per heavy atom. The minimum atomic E-state index is -0.214. The number of pyridine rings is 1. The van der Waals surface area contributed by atoms with Gasteiger partial charge in [0.05, 0.1) is 18.9 Å². The fourth-order valence-electron chi connectivity index (χ4n) is 2.34. The molecule has 2 aromatic heterocycles. The summed E-state index contributed by atoms with van der Waals surface area (Å²) in [6, 6.07) is 1.78. The molecule has 2 N–H and O–H groups in total. The molecular formula is C13H16N4O3. The minimum Gasteiger partial charge on any atom is -0.494 e. The highest BCUT2D eigenvalue weighted by molar-refractivity contribution is 5.62. The summed E-state index contributed by atoms with van der Waals surface area (Å²) in [6.45, 7) is 1.21. The van der Waals surface area contributed by atoms with Crippen molar-refractivity contribution in [3.63, 3.8) is 0 Å². The predicted molar refractivity (Wildman–Crippen MR) is 69.9 cm³/mol. The van der Waals surface area contributed by atoms with Crippen LogP contribution < -0.4 is 10.5 Å². The van der Waals surface area contributed by atoms with Gasteiger partial charge in [0.1, 0.15) is 11.9 Å². The number of methoxy groups -OCH3 is 1. The number of aromatic nitrogens is 3. The lowest BCUT2D eigenvalue weighted by atomic mass is 10.0. The molecule has 7 nitrogen and oxygen atoms in total. The number of nitrogens with two attached hydrogens (primary N) is 1. The van der Waals surface area contributed by atoms with Crippen molar-refractivity contribution < 1.29 is 14.0 Å². The molecule has 0 amide bonds. The zero-order chi connectivity index (χ0) is 13.9. The number of nitrogens with zero attached hydrogens (tertiary/aromatic N) is 3. The van der Waals surface area contributed by atoms with Gasteiger partial charge in [0.25, 0.3) is 5.89 Å². The molecule has 0 saturated carbocycles. The molecule has 0 bridgehead atoms. The number of rotatable bonds is 4. The van der Waals surface area contributed by atoms with Crippen LogP contribution in [0.1, 0.15) is 18.4 Å². The number of hydrogen-bond donors (Lipinski definition) is 1. The molecule has 1 fully saturated rings. The van der Waals surface area contributed by atoms with E-state index in [-0.39, 0.29) is 12.0 Å². The topological polar surface area (TPSA) is 96.3 Å². The van der Waals surface area contributed by atoms with Gasteiger partial charge >= 0.3 is 0 Å². The standard InChI is InChI=1S/C13H16N4O3/c1-18-10-7-15-4-2-9(10)12-16-13(20-17-12)11-8(6-14)3-5-19-11/h2,4,7-8,11H,3,5-6,14H2,1H3/t8-,11-/m1/s1. The van der Waals surface area contributed by atoms with Crippen molar-refractivity contribution in [1.29, 1.82) is 0 Å².